The predicted octanol–water partition coefficient (Wildman–Crippen LogP) is -29.2. The van der Waals surface area contributed by atoms with Gasteiger partial charge in [0.1, 0.15) is 0 Å². The molecule has 146 valence electrons. The molecule has 0 rings (SSSR count). The van der Waals surface area contributed by atoms with Crippen LogP contribution in [0, 0.1) is 0 Å². The van der Waals surface area contributed by atoms with Gasteiger partial charge in [-0.1, -0.05) is 0 Å². The van der Waals surface area contributed by atoms with Gasteiger partial charge >= 0.3 is 420 Å². The molecule has 0 aliphatic rings. The first kappa shape index (κ1) is 105. The van der Waals surface area contributed by atoms with Crippen LogP contribution in [0.25, 0.3) is 0 Å². The number of hydrogen-bond donors (Lipinski definition) is 4. The Morgan fingerprint density at radius 2 is 0.839 bits per heavy atom. The van der Waals surface area contributed by atoms with Crippen LogP contribution in [-0.4, -0.2) is 68.5 Å². The number of carbonyl (C=O) groups is 4. The summed E-state index contributed by atoms with van der Waals surface area (Å²) in [4.78, 5) is 34.1. The second-order valence-electron chi connectivity index (χ2n) is 1.57. The zero-order chi connectivity index (χ0) is 17.9. The molecule has 6 N–H and O–H groups in total. The minimum absolute atomic E-state index is 0. The van der Waals surface area contributed by atoms with Gasteiger partial charge in [0.05, 0.1) is 0 Å². The SMILES string of the molecule is CC(=O)O.O=C([O-])O.O=C([O-])[O-].O=CO.O=S(=O)([O-])O.[Cs+].[Cs+].[Cs+].[K+].[K+].[K+].[Na+].[Na+].[O-2].[OH-].[OH-]. The minimum Gasteiger partial charge on any atom is -2.00 e. The molecule has 26 heteroatoms. The van der Waals surface area contributed by atoms with Crippen molar-refractivity contribution in [1.82, 2.24) is 0 Å². The normalized spacial score (nSPS) is 4.61. The maximum Gasteiger partial charge on any atom is 1.00 e. The predicted molar refractivity (Wildman–Crippen MR) is 52.3 cm³/mol. The molecule has 31 heavy (non-hydrogen) atoms. The molecule has 0 amide bonds. The van der Waals surface area contributed by atoms with Gasteiger partial charge in [0, 0.05) is 6.92 Å². The van der Waals surface area contributed by atoms with Crippen molar-refractivity contribution in [3.05, 3.63) is 0 Å². The number of carboxylic acids is 1. The number of aliphatic carboxylic acids is 1. The summed E-state index contributed by atoms with van der Waals surface area (Å²) in [7, 11) is -4.92. The summed E-state index contributed by atoms with van der Waals surface area (Å²) in [6, 6.07) is 0. The third-order valence-corrected chi connectivity index (χ3v) is 0. The Labute approximate surface area is 526 Å². The quantitative estimate of drug-likeness (QED) is 0.0758. The number of rotatable bonds is 0. The molecule has 0 fully saturated rings. The molecule has 0 heterocycles. The van der Waals surface area contributed by atoms with E-state index in [0.717, 1.165) is 6.92 Å². The molecule has 0 aromatic heterocycles. The monoisotopic (exact) mass is 936 g/mol. The van der Waals surface area contributed by atoms with Gasteiger partial charge < -0.3 is 61.2 Å². The van der Waals surface area contributed by atoms with E-state index in [0.29, 0.717) is 0 Å². The Hall–Kier alpha value is 10.3. The largest absolute Gasteiger partial charge is 2.00 e. The smallest absolute Gasteiger partial charge is 1.00 e. The van der Waals surface area contributed by atoms with Crippen molar-refractivity contribution in [2.24, 2.45) is 0 Å². The molecule has 0 aromatic rings. The maximum absolute atomic E-state index is 9.00. The van der Waals surface area contributed by atoms with Gasteiger partial charge in [-0.3, -0.25) is 14.1 Å². The molecule has 0 saturated heterocycles. The third kappa shape index (κ3) is 558. The first-order valence-corrected chi connectivity index (χ1v) is 4.71. The van der Waals surface area contributed by atoms with E-state index in [4.69, 9.17) is 67.3 Å². The average Bonchev–Trinajstić information content (AvgIpc) is 1.95. The van der Waals surface area contributed by atoms with E-state index >= 15 is 0 Å². The fourth-order valence-corrected chi connectivity index (χ4v) is 0. The van der Waals surface area contributed by atoms with Crippen molar-refractivity contribution in [2.45, 2.75) is 6.92 Å². The summed E-state index contributed by atoms with van der Waals surface area (Å²) in [6.45, 7) is 0.833. The van der Waals surface area contributed by atoms with Crippen molar-refractivity contribution < 1.29 is 504 Å². The molecule has 0 radical (unpaired) electrons. The van der Waals surface area contributed by atoms with Gasteiger partial charge in [-0.05, 0) is 6.16 Å². The van der Waals surface area contributed by atoms with Crippen LogP contribution in [0.2, 0.25) is 0 Å². The van der Waals surface area contributed by atoms with E-state index in [1.807, 2.05) is 0 Å². The van der Waals surface area contributed by atoms with Crippen molar-refractivity contribution in [3.63, 3.8) is 0 Å². The zero-order valence-electron chi connectivity index (χ0n) is 18.7. The van der Waals surface area contributed by atoms with Gasteiger partial charge in [0.15, 0.2) is 0 Å². The summed E-state index contributed by atoms with van der Waals surface area (Å²) in [6.07, 6.45) is -4.42. The summed E-state index contributed by atoms with van der Waals surface area (Å²) < 4.78 is 32.8. The Morgan fingerprint density at radius 1 is 0.839 bits per heavy atom. The van der Waals surface area contributed by atoms with Gasteiger partial charge in [0.25, 0.3) is 12.4 Å². The fourth-order valence-electron chi connectivity index (χ4n) is 0. The zero-order valence-corrected chi connectivity index (χ0v) is 51.7. The standard InChI is InChI=1S/C2H4O2.2CH2O3.CH2O2.3Cs.3K.2Na.H2O4S.2H2O.O/c1-2(3)4;2*2-1(3)4;2-1-3;;;;;;;;;1-5(2,3)4;;;/h1H3,(H,3,4);2*(H2,2,3,4);1H,(H,2,3);;;;;;;;;(H2,1,2,3,4);2*1H2;/q;;;;8*+1;;;;-2/p-6. The Morgan fingerprint density at radius 3 is 0.839 bits per heavy atom. The van der Waals surface area contributed by atoms with Gasteiger partial charge in [-0.25, -0.2) is 8.42 Å². The van der Waals surface area contributed by atoms with Gasteiger partial charge in [-0.15, -0.1) is 0 Å². The second kappa shape index (κ2) is 90.0. The van der Waals surface area contributed by atoms with E-state index in [1.54, 1.807) is 0 Å². The molecule has 17 nitrogen and oxygen atoms in total. The number of hydrogen-bond acceptors (Lipinski definition) is 12. The van der Waals surface area contributed by atoms with E-state index in [1.165, 1.54) is 0 Å². The third-order valence-electron chi connectivity index (χ3n) is 0. The fraction of sp³-hybridized carbons (Fsp3) is 0.200. The maximum atomic E-state index is 9.00. The van der Waals surface area contributed by atoms with Crippen LogP contribution in [0.5, 0.6) is 0 Å². The van der Waals surface area contributed by atoms with Crippen molar-refractivity contribution in [2.75, 3.05) is 0 Å². The summed E-state index contributed by atoms with van der Waals surface area (Å²) >= 11 is 0. The van der Waals surface area contributed by atoms with Gasteiger partial charge in [0.2, 0.25) is 16.6 Å². The molecular weight excluding hydrogens is 926 g/mol. The number of carbonyl (C=O) groups excluding carboxylic acids is 1. The molecule has 0 spiro atoms. The second-order valence-corrected chi connectivity index (χ2v) is 2.42. The summed E-state index contributed by atoms with van der Waals surface area (Å²) in [5.41, 5.74) is 0. The first-order chi connectivity index (χ1) is 8.61. The van der Waals surface area contributed by atoms with E-state index in [9.17, 15) is 0 Å². The van der Waals surface area contributed by atoms with Crippen molar-refractivity contribution in [1.29, 1.82) is 0 Å². The first-order valence-electron chi connectivity index (χ1n) is 3.35. The van der Waals surface area contributed by atoms with Crippen LogP contribution >= 0.6 is 0 Å². The van der Waals surface area contributed by atoms with Crippen LogP contribution in [0.1, 0.15) is 6.92 Å². The summed E-state index contributed by atoms with van der Waals surface area (Å²) in [5, 5.41) is 46.3. The number of carboxylic acid groups (broad SMARTS) is 6. The van der Waals surface area contributed by atoms with Crippen LogP contribution in [-0.2, 0) is 25.5 Å². The molecule has 0 aliphatic carbocycles. The Kier molecular flexibility index (Phi) is 304. The molecule has 0 unspecified atom stereocenters. The molecule has 0 atom stereocenters. The molecule has 0 aliphatic heterocycles. The van der Waals surface area contributed by atoms with Crippen LogP contribution in [0.3, 0.4) is 0 Å². The minimum atomic E-state index is -4.92. The van der Waals surface area contributed by atoms with Crippen molar-refractivity contribution >= 4 is 35.2 Å². The summed E-state index contributed by atoms with van der Waals surface area (Å²) in [5.74, 6) is -0.833. The Balaban J connectivity index is -0.00000000599. The van der Waals surface area contributed by atoms with Crippen LogP contribution < -0.4 is 435 Å². The van der Waals surface area contributed by atoms with Crippen LogP contribution in [0.4, 0.5) is 9.59 Å². The molecule has 0 aromatic carbocycles. The molecule has 0 bridgehead atoms. The topological polar surface area (TPSA) is 364 Å². The van der Waals surface area contributed by atoms with E-state index in [2.05, 4.69) is 0 Å². The van der Waals surface area contributed by atoms with E-state index < -0.39 is 28.7 Å². The van der Waals surface area contributed by atoms with E-state index in [-0.39, 0.29) is 443 Å². The van der Waals surface area contributed by atoms with Crippen LogP contribution in [0.15, 0.2) is 0 Å². The Bertz CT molecular complexity index is 345. The molecule has 0 saturated carbocycles. The average molecular weight is 936 g/mol. The van der Waals surface area contributed by atoms with Gasteiger partial charge in [-0.2, -0.15) is 0 Å². The molecular formula is C5H10Cs3K3Na2O17S. The van der Waals surface area contributed by atoms with Crippen molar-refractivity contribution in [3.8, 4) is 0 Å².